The first-order valence-electron chi connectivity index (χ1n) is 23.0. The standard InChI is InChI=1S/C46H78O17P2/c1-3-5-7-8-9-10-11-12-13-14-15-16-17-18-19-20-25-29-44(50)58-36-40(37-61-65(56,57)60-35-39(48)34-59-64(53,54)55)62-45(51)30-26-22-21-24-28-41-42(49)33-46(52)63-43(41)32-31-38(47)27-23-6-4-2/h5,7,9-10,12-13,15-16,21,24,31-32,38-43,46-49,52H,3-4,6,8,11,14,17-20,22-23,25-30,33-37H2,1-2H3,(H,56,57)(H2,53,54,55)/b7-5-,10-9-,13-12-,16-15-,24-21-,32-31+/t38-,39-,40+,41-,42-,43+,46?/m0/s1. The summed E-state index contributed by atoms with van der Waals surface area (Å²) >= 11 is 0. The van der Waals surface area contributed by atoms with Crippen LogP contribution in [0, 0.1) is 5.92 Å². The van der Waals surface area contributed by atoms with E-state index in [2.05, 4.69) is 71.5 Å². The molecule has 17 nitrogen and oxygen atoms in total. The van der Waals surface area contributed by atoms with Crippen molar-refractivity contribution in [1.82, 2.24) is 0 Å². The van der Waals surface area contributed by atoms with Crippen LogP contribution >= 0.6 is 15.6 Å². The van der Waals surface area contributed by atoms with Gasteiger partial charge in [0.05, 0.1) is 38.1 Å². The monoisotopic (exact) mass is 964 g/mol. The zero-order valence-electron chi connectivity index (χ0n) is 38.3. The lowest BCUT2D eigenvalue weighted by molar-refractivity contribution is -0.199. The third-order valence-corrected chi connectivity index (χ3v) is 11.3. The van der Waals surface area contributed by atoms with Crippen LogP contribution in [0.4, 0.5) is 0 Å². The molecule has 0 radical (unpaired) electrons. The van der Waals surface area contributed by atoms with Gasteiger partial charge in [-0.25, -0.2) is 9.13 Å². The first-order valence-corrected chi connectivity index (χ1v) is 26.1. The maximum Gasteiger partial charge on any atom is 0.472 e. The van der Waals surface area contributed by atoms with Gasteiger partial charge in [-0.15, -0.1) is 0 Å². The number of hydrogen-bond acceptors (Lipinski definition) is 14. The first kappa shape index (κ1) is 60.4. The van der Waals surface area contributed by atoms with Gasteiger partial charge in [0, 0.05) is 25.2 Å². The average molecular weight is 965 g/mol. The Hall–Kier alpha value is -2.60. The van der Waals surface area contributed by atoms with Gasteiger partial charge in [-0.1, -0.05) is 119 Å². The van der Waals surface area contributed by atoms with E-state index >= 15 is 0 Å². The van der Waals surface area contributed by atoms with Gasteiger partial charge in [-0.05, 0) is 70.6 Å². The molecule has 0 saturated carbocycles. The fourth-order valence-electron chi connectivity index (χ4n) is 6.32. The van der Waals surface area contributed by atoms with Crippen LogP contribution in [0.1, 0.15) is 136 Å². The Kier molecular flexibility index (Phi) is 34.8. The number of rotatable bonds is 38. The molecule has 1 heterocycles. The highest BCUT2D eigenvalue weighted by Gasteiger charge is 2.35. The van der Waals surface area contributed by atoms with Gasteiger partial charge in [0.25, 0.3) is 0 Å². The Labute approximate surface area is 386 Å². The number of aliphatic hydroxyl groups excluding tert-OH is 4. The van der Waals surface area contributed by atoms with Gasteiger partial charge < -0.3 is 49.3 Å². The lowest BCUT2D eigenvalue weighted by atomic mass is 9.87. The first-order chi connectivity index (χ1) is 31.0. The maximum atomic E-state index is 12.8. The van der Waals surface area contributed by atoms with Crippen LogP contribution in [-0.2, 0) is 46.5 Å². The van der Waals surface area contributed by atoms with Crippen molar-refractivity contribution in [3.05, 3.63) is 72.9 Å². The molecule has 65 heavy (non-hydrogen) atoms. The van der Waals surface area contributed by atoms with E-state index in [4.69, 9.17) is 28.5 Å². The lowest BCUT2D eigenvalue weighted by Crippen LogP contribution is -2.43. The minimum atomic E-state index is -4.91. The molecule has 0 aromatic heterocycles. The summed E-state index contributed by atoms with van der Waals surface area (Å²) in [6.45, 7) is 1.19. The van der Waals surface area contributed by atoms with Crippen LogP contribution in [0.2, 0.25) is 0 Å². The molecule has 374 valence electrons. The van der Waals surface area contributed by atoms with E-state index in [-0.39, 0.29) is 25.2 Å². The summed E-state index contributed by atoms with van der Waals surface area (Å²) in [6, 6.07) is 0. The highest BCUT2D eigenvalue weighted by molar-refractivity contribution is 7.47. The topological polar surface area (TPSA) is 265 Å². The molecule has 0 amide bonds. The summed E-state index contributed by atoms with van der Waals surface area (Å²) in [4.78, 5) is 53.0. The quantitative estimate of drug-likeness (QED) is 0.0134. The molecule has 1 rings (SSSR count). The normalized spacial score (nSPS) is 21.0. The second-order valence-electron chi connectivity index (χ2n) is 15.8. The molecule has 0 bridgehead atoms. The molecular weight excluding hydrogens is 886 g/mol. The summed E-state index contributed by atoms with van der Waals surface area (Å²) in [7, 11) is -9.81. The van der Waals surface area contributed by atoms with Crippen molar-refractivity contribution in [3.63, 3.8) is 0 Å². The highest BCUT2D eigenvalue weighted by atomic mass is 31.2. The van der Waals surface area contributed by atoms with Crippen molar-refractivity contribution >= 4 is 27.6 Å². The van der Waals surface area contributed by atoms with Crippen LogP contribution < -0.4 is 0 Å². The fraction of sp³-hybridized carbons (Fsp3) is 0.696. The molecule has 1 fully saturated rings. The van der Waals surface area contributed by atoms with Crippen LogP contribution in [0.3, 0.4) is 0 Å². The summed E-state index contributed by atoms with van der Waals surface area (Å²) in [5, 5.41) is 40.8. The van der Waals surface area contributed by atoms with Crippen LogP contribution in [0.25, 0.3) is 0 Å². The molecule has 0 spiro atoms. The molecular formula is C46H78O17P2. The maximum absolute atomic E-state index is 12.8. The minimum absolute atomic E-state index is 0.0514. The van der Waals surface area contributed by atoms with Gasteiger partial charge >= 0.3 is 27.6 Å². The molecule has 0 aromatic carbocycles. The number of carbonyl (C=O) groups excluding carboxylic acids is 2. The molecule has 1 saturated heterocycles. The van der Waals surface area contributed by atoms with Crippen LogP contribution in [0.15, 0.2) is 72.9 Å². The van der Waals surface area contributed by atoms with E-state index in [9.17, 15) is 44.0 Å². The summed E-state index contributed by atoms with van der Waals surface area (Å²) < 4.78 is 53.5. The lowest BCUT2D eigenvalue weighted by Gasteiger charge is -2.36. The number of phosphoric ester groups is 2. The van der Waals surface area contributed by atoms with Gasteiger partial charge in [0.15, 0.2) is 12.4 Å². The number of ether oxygens (including phenoxy) is 3. The third-order valence-electron chi connectivity index (χ3n) is 9.86. The van der Waals surface area contributed by atoms with Crippen LogP contribution in [0.5, 0.6) is 0 Å². The molecule has 2 unspecified atom stereocenters. The van der Waals surface area contributed by atoms with Crippen molar-refractivity contribution in [2.75, 3.05) is 26.4 Å². The number of carbonyl (C=O) groups is 2. The van der Waals surface area contributed by atoms with Crippen LogP contribution in [-0.4, -0.2) is 110 Å². The Bertz CT molecular complexity index is 1540. The predicted molar refractivity (Wildman–Crippen MR) is 247 cm³/mol. The van der Waals surface area contributed by atoms with Gasteiger partial charge in [0.1, 0.15) is 12.7 Å². The van der Waals surface area contributed by atoms with Crippen molar-refractivity contribution in [2.24, 2.45) is 5.92 Å². The smallest absolute Gasteiger partial charge is 0.462 e. The second-order valence-corrected chi connectivity index (χ2v) is 18.5. The number of aliphatic hydroxyl groups is 4. The number of allylic oxidation sites excluding steroid dienone is 10. The fourth-order valence-corrected chi connectivity index (χ4v) is 7.47. The Morgan fingerprint density at radius 1 is 0.692 bits per heavy atom. The Morgan fingerprint density at radius 2 is 1.29 bits per heavy atom. The van der Waals surface area contributed by atoms with Gasteiger partial charge in [-0.2, -0.15) is 0 Å². The van der Waals surface area contributed by atoms with E-state index < -0.39 is 90.8 Å². The van der Waals surface area contributed by atoms with E-state index in [1.165, 1.54) is 0 Å². The van der Waals surface area contributed by atoms with Crippen molar-refractivity contribution < 1.29 is 81.6 Å². The largest absolute Gasteiger partial charge is 0.472 e. The van der Waals surface area contributed by atoms with E-state index in [0.29, 0.717) is 32.1 Å². The van der Waals surface area contributed by atoms with Gasteiger partial charge in [0.2, 0.25) is 0 Å². The minimum Gasteiger partial charge on any atom is -0.462 e. The third kappa shape index (κ3) is 35.2. The van der Waals surface area contributed by atoms with E-state index in [1.54, 1.807) is 12.2 Å². The SMILES string of the molecule is CC/C=C\C/C=C\C/C=C\C/C=C\CCCCCCC(=O)OC[C@H](COP(=O)(O)OC[C@@H](O)COP(=O)(O)O)OC(=O)CCC/C=C\C[C@H]1[C@@H](O)CC(O)O[C@@H]1/C=C/[C@@H](O)CCCCC. The van der Waals surface area contributed by atoms with Crippen molar-refractivity contribution in [3.8, 4) is 0 Å². The molecule has 1 aliphatic heterocycles. The molecule has 7 N–H and O–H groups in total. The molecule has 0 aliphatic carbocycles. The number of phosphoric acid groups is 2. The number of unbranched alkanes of at least 4 members (excludes halogenated alkanes) is 7. The molecule has 19 heteroatoms. The summed E-state index contributed by atoms with van der Waals surface area (Å²) in [6.07, 6.45) is 30.8. The van der Waals surface area contributed by atoms with Crippen molar-refractivity contribution in [1.29, 1.82) is 0 Å². The predicted octanol–water partition coefficient (Wildman–Crippen LogP) is 7.89. The Balaban J connectivity index is 2.61. The van der Waals surface area contributed by atoms with Gasteiger partial charge in [-0.3, -0.25) is 23.2 Å². The summed E-state index contributed by atoms with van der Waals surface area (Å²) in [5.74, 6) is -1.63. The van der Waals surface area contributed by atoms with E-state index in [0.717, 1.165) is 70.6 Å². The number of hydrogen-bond donors (Lipinski definition) is 7. The summed E-state index contributed by atoms with van der Waals surface area (Å²) in [5.41, 5.74) is 0. The number of esters is 2. The average Bonchev–Trinajstić information content (AvgIpc) is 3.25. The molecule has 0 aromatic rings. The molecule has 8 atom stereocenters. The zero-order valence-corrected chi connectivity index (χ0v) is 40.1. The zero-order chi connectivity index (χ0) is 48.2. The second kappa shape index (κ2) is 37.4. The highest BCUT2D eigenvalue weighted by Crippen LogP contribution is 2.44. The van der Waals surface area contributed by atoms with Crippen molar-refractivity contribution in [2.45, 2.75) is 173 Å². The van der Waals surface area contributed by atoms with E-state index in [1.807, 2.05) is 12.2 Å². The molecule has 1 aliphatic rings. The Morgan fingerprint density at radius 3 is 1.97 bits per heavy atom.